The van der Waals surface area contributed by atoms with Crippen molar-refractivity contribution in [3.63, 3.8) is 0 Å². The summed E-state index contributed by atoms with van der Waals surface area (Å²) in [4.78, 5) is 24.3. The van der Waals surface area contributed by atoms with Crippen LogP contribution in [0.4, 0.5) is 10.5 Å². The molecule has 0 unspecified atom stereocenters. The first-order valence-corrected chi connectivity index (χ1v) is 9.25. The highest BCUT2D eigenvalue weighted by Gasteiger charge is 2.29. The molecular weight excluding hydrogens is 354 g/mol. The van der Waals surface area contributed by atoms with Gasteiger partial charge in [-0.2, -0.15) is 0 Å². The summed E-state index contributed by atoms with van der Waals surface area (Å²) in [6, 6.07) is 7.25. The Morgan fingerprint density at radius 1 is 1.12 bits per heavy atom. The normalized spacial score (nSPS) is 11.6. The molecule has 0 heterocycles. The van der Waals surface area contributed by atoms with Crippen LogP contribution in [0.2, 0.25) is 5.02 Å². The summed E-state index contributed by atoms with van der Waals surface area (Å²) in [6.07, 6.45) is 0.862. The molecule has 0 radical (unpaired) electrons. The fourth-order valence-electron chi connectivity index (χ4n) is 2.40. The number of alkyl carbamates (subject to hydrolysis) is 1. The lowest BCUT2D eigenvalue weighted by molar-refractivity contribution is -0.121. The van der Waals surface area contributed by atoms with Crippen LogP contribution >= 0.6 is 11.6 Å². The molecule has 26 heavy (non-hydrogen) atoms. The molecule has 3 N–H and O–H groups in total. The van der Waals surface area contributed by atoms with Crippen molar-refractivity contribution in [2.45, 2.75) is 58.6 Å². The molecule has 1 rings (SSSR count). The number of amides is 2. The molecule has 0 aliphatic rings. The van der Waals surface area contributed by atoms with Gasteiger partial charge in [0.05, 0.1) is 22.8 Å². The molecule has 0 saturated heterocycles. The molecule has 0 aliphatic carbocycles. The van der Waals surface area contributed by atoms with E-state index >= 15 is 0 Å². The van der Waals surface area contributed by atoms with Gasteiger partial charge in [0, 0.05) is 6.54 Å². The number of para-hydroxylation sites is 1. The number of carbonyl (C=O) groups is 2. The van der Waals surface area contributed by atoms with Gasteiger partial charge in [-0.15, -0.1) is 0 Å². The molecule has 0 aromatic heterocycles. The molecule has 0 aliphatic heterocycles. The van der Waals surface area contributed by atoms with E-state index in [9.17, 15) is 9.59 Å². The van der Waals surface area contributed by atoms with Gasteiger partial charge in [-0.1, -0.05) is 37.6 Å². The summed E-state index contributed by atoms with van der Waals surface area (Å²) in [6.45, 7) is 9.76. The van der Waals surface area contributed by atoms with Gasteiger partial charge in [0.25, 0.3) is 0 Å². The van der Waals surface area contributed by atoms with E-state index in [4.69, 9.17) is 16.3 Å². The van der Waals surface area contributed by atoms with Crippen molar-refractivity contribution < 1.29 is 14.3 Å². The average molecular weight is 384 g/mol. The highest BCUT2D eigenvalue weighted by atomic mass is 35.5. The van der Waals surface area contributed by atoms with Gasteiger partial charge < -0.3 is 20.7 Å². The maximum Gasteiger partial charge on any atom is 0.407 e. The number of hydrogen-bond acceptors (Lipinski definition) is 4. The van der Waals surface area contributed by atoms with E-state index in [0.717, 1.165) is 0 Å². The molecular formula is C19H30ClN3O3. The van der Waals surface area contributed by atoms with Crippen LogP contribution in [0.5, 0.6) is 0 Å². The topological polar surface area (TPSA) is 79.5 Å². The number of hydrogen-bond donors (Lipinski definition) is 3. The lowest BCUT2D eigenvalue weighted by Crippen LogP contribution is -2.56. The number of rotatable bonds is 8. The number of anilines is 1. The second-order valence-corrected chi connectivity index (χ2v) is 7.63. The SMILES string of the molecule is CCC(CC)(CNC(=O)OC(C)(C)C)NC(=O)CNc1ccccc1Cl. The van der Waals surface area contributed by atoms with E-state index in [2.05, 4.69) is 16.0 Å². The third-order valence-corrected chi connectivity index (χ3v) is 4.37. The largest absolute Gasteiger partial charge is 0.444 e. The van der Waals surface area contributed by atoms with Gasteiger partial charge in [-0.3, -0.25) is 4.79 Å². The minimum Gasteiger partial charge on any atom is -0.444 e. The molecule has 1 aromatic carbocycles. The number of nitrogens with one attached hydrogen (secondary N) is 3. The van der Waals surface area contributed by atoms with Crippen molar-refractivity contribution in [1.29, 1.82) is 0 Å². The van der Waals surface area contributed by atoms with E-state index < -0.39 is 17.2 Å². The Balaban J connectivity index is 2.60. The van der Waals surface area contributed by atoms with Gasteiger partial charge in [0.15, 0.2) is 0 Å². The lowest BCUT2D eigenvalue weighted by Gasteiger charge is -2.33. The summed E-state index contributed by atoms with van der Waals surface area (Å²) in [7, 11) is 0. The highest BCUT2D eigenvalue weighted by Crippen LogP contribution is 2.20. The third kappa shape index (κ3) is 7.52. The molecule has 0 saturated carbocycles. The zero-order valence-electron chi connectivity index (χ0n) is 16.2. The Morgan fingerprint density at radius 3 is 2.27 bits per heavy atom. The summed E-state index contributed by atoms with van der Waals surface area (Å²) < 4.78 is 5.26. The predicted octanol–water partition coefficient (Wildman–Crippen LogP) is 3.95. The van der Waals surface area contributed by atoms with Crippen LogP contribution < -0.4 is 16.0 Å². The predicted molar refractivity (Wildman–Crippen MR) is 106 cm³/mol. The summed E-state index contributed by atoms with van der Waals surface area (Å²) >= 11 is 6.08. The van der Waals surface area contributed by atoms with E-state index in [1.165, 1.54) is 0 Å². The summed E-state index contributed by atoms with van der Waals surface area (Å²) in [5, 5.41) is 9.36. The Hall–Kier alpha value is -1.95. The van der Waals surface area contributed by atoms with Crippen LogP contribution in [0.3, 0.4) is 0 Å². The van der Waals surface area contributed by atoms with Gasteiger partial charge >= 0.3 is 6.09 Å². The quantitative estimate of drug-likeness (QED) is 0.635. The Morgan fingerprint density at radius 2 is 1.73 bits per heavy atom. The van der Waals surface area contributed by atoms with Crippen LogP contribution in [0.1, 0.15) is 47.5 Å². The zero-order chi connectivity index (χ0) is 19.8. The molecule has 6 nitrogen and oxygen atoms in total. The molecule has 146 valence electrons. The van der Waals surface area contributed by atoms with Crippen molar-refractivity contribution in [3.8, 4) is 0 Å². The van der Waals surface area contributed by atoms with E-state index in [-0.39, 0.29) is 12.5 Å². The standard InChI is InChI=1S/C19H30ClN3O3/c1-6-19(7-2,13-22-17(25)26-18(3,4)5)23-16(24)12-21-15-11-9-8-10-14(15)20/h8-11,21H,6-7,12-13H2,1-5H3,(H,22,25)(H,23,24). The van der Waals surface area contributed by atoms with Gasteiger partial charge in [-0.05, 0) is 45.7 Å². The minimum atomic E-state index is -0.562. The first kappa shape index (κ1) is 22.1. The second kappa shape index (κ2) is 9.67. The Kier molecular flexibility index (Phi) is 8.21. The van der Waals surface area contributed by atoms with Crippen LogP contribution in [0, 0.1) is 0 Å². The number of halogens is 1. The van der Waals surface area contributed by atoms with Gasteiger partial charge in [0.2, 0.25) is 5.91 Å². The fourth-order valence-corrected chi connectivity index (χ4v) is 2.60. The van der Waals surface area contributed by atoms with Gasteiger partial charge in [0.1, 0.15) is 5.60 Å². The van der Waals surface area contributed by atoms with E-state index in [1.807, 2.05) is 52.8 Å². The Labute approximate surface area is 161 Å². The number of benzene rings is 1. The molecule has 0 fully saturated rings. The maximum atomic E-state index is 12.4. The van der Waals surface area contributed by atoms with Crippen molar-refractivity contribution in [2.24, 2.45) is 0 Å². The minimum absolute atomic E-state index is 0.0952. The summed E-state index contributed by atoms with van der Waals surface area (Å²) in [5.41, 5.74) is -0.390. The van der Waals surface area contributed by atoms with E-state index in [1.54, 1.807) is 6.07 Å². The van der Waals surface area contributed by atoms with Gasteiger partial charge in [-0.25, -0.2) is 4.79 Å². The first-order valence-electron chi connectivity index (χ1n) is 8.87. The fraction of sp³-hybridized carbons (Fsp3) is 0.579. The zero-order valence-corrected chi connectivity index (χ0v) is 17.0. The Bertz CT molecular complexity index is 610. The van der Waals surface area contributed by atoms with Crippen LogP contribution in [-0.2, 0) is 9.53 Å². The van der Waals surface area contributed by atoms with Crippen LogP contribution in [-0.4, -0.2) is 36.2 Å². The van der Waals surface area contributed by atoms with Crippen molar-refractivity contribution in [3.05, 3.63) is 29.3 Å². The van der Waals surface area contributed by atoms with E-state index in [0.29, 0.717) is 30.1 Å². The third-order valence-electron chi connectivity index (χ3n) is 4.04. The second-order valence-electron chi connectivity index (χ2n) is 7.22. The number of ether oxygens (including phenoxy) is 1. The van der Waals surface area contributed by atoms with Crippen molar-refractivity contribution in [2.75, 3.05) is 18.4 Å². The van der Waals surface area contributed by atoms with Crippen molar-refractivity contribution in [1.82, 2.24) is 10.6 Å². The summed E-state index contributed by atoms with van der Waals surface area (Å²) in [5.74, 6) is -0.167. The molecule has 2 amide bonds. The molecule has 0 bridgehead atoms. The lowest BCUT2D eigenvalue weighted by atomic mass is 9.92. The first-order chi connectivity index (χ1) is 12.1. The highest BCUT2D eigenvalue weighted by molar-refractivity contribution is 6.33. The molecule has 7 heteroatoms. The van der Waals surface area contributed by atoms with Crippen LogP contribution in [0.15, 0.2) is 24.3 Å². The molecule has 0 spiro atoms. The maximum absolute atomic E-state index is 12.4. The smallest absolute Gasteiger partial charge is 0.407 e. The number of carbonyl (C=O) groups excluding carboxylic acids is 2. The monoisotopic (exact) mass is 383 g/mol. The van der Waals surface area contributed by atoms with Crippen LogP contribution in [0.25, 0.3) is 0 Å². The molecule has 1 aromatic rings. The average Bonchev–Trinajstić information content (AvgIpc) is 2.56. The molecule has 0 atom stereocenters. The van der Waals surface area contributed by atoms with Crippen molar-refractivity contribution >= 4 is 29.3 Å².